The third-order valence-electron chi connectivity index (χ3n) is 6.05. The molecule has 4 rings (SSSR count). The molecule has 0 radical (unpaired) electrons. The molecule has 3 aromatic rings. The van der Waals surface area contributed by atoms with Crippen LogP contribution in [-0.4, -0.2) is 58.5 Å². The number of fused-ring (bicyclic) bond motifs is 2. The van der Waals surface area contributed by atoms with Crippen LogP contribution in [0.4, 0.5) is 5.69 Å². The molecule has 38 heavy (non-hydrogen) atoms. The number of rotatable bonds is 10. The third-order valence-corrected chi connectivity index (χ3v) is 12.1. The Bertz CT molecular complexity index is 1610. The average molecular weight is 686 g/mol. The van der Waals surface area contributed by atoms with E-state index in [2.05, 4.69) is 36.1 Å². The first-order valence-electron chi connectivity index (χ1n) is 11.6. The van der Waals surface area contributed by atoms with Gasteiger partial charge in [0, 0.05) is 0 Å². The number of benzene rings is 1. The molecule has 0 saturated carbocycles. The van der Waals surface area contributed by atoms with Crippen LogP contribution in [0.2, 0.25) is 0 Å². The van der Waals surface area contributed by atoms with Crippen molar-refractivity contribution in [2.75, 3.05) is 23.0 Å². The van der Waals surface area contributed by atoms with Crippen LogP contribution in [0.15, 0.2) is 45.2 Å². The number of anilines is 1. The quantitative estimate of drug-likeness (QED) is 0.173. The van der Waals surface area contributed by atoms with Crippen molar-refractivity contribution in [3.8, 4) is 0 Å². The van der Waals surface area contributed by atoms with E-state index in [0.717, 1.165) is 42.6 Å². The second-order valence-corrected chi connectivity index (χ2v) is 16.0. The fraction of sp³-hybridized carbons (Fsp3) is 0.375. The largest absolute Gasteiger partial charge is 1.00 e. The molecule has 1 aliphatic heterocycles. The van der Waals surface area contributed by atoms with Crippen LogP contribution < -0.4 is 60.9 Å². The van der Waals surface area contributed by atoms with E-state index in [1.807, 2.05) is 29.9 Å². The van der Waals surface area contributed by atoms with Gasteiger partial charge in [0.15, 0.2) is 0 Å². The Morgan fingerprint density at radius 3 is 2.45 bits per heavy atom. The normalized spacial score (nSPS) is 15.3. The van der Waals surface area contributed by atoms with Crippen LogP contribution in [0, 0.1) is 13.8 Å². The van der Waals surface area contributed by atoms with E-state index < -0.39 is 31.7 Å². The van der Waals surface area contributed by atoms with Crippen molar-refractivity contribution in [1.29, 1.82) is 0 Å². The Hall–Kier alpha value is 0.196. The number of nitrogens with zero attached hydrogens (tertiary/aromatic N) is 2. The fourth-order valence-electron chi connectivity index (χ4n) is 4.01. The number of thiophene rings is 1. The summed E-state index contributed by atoms with van der Waals surface area (Å²) in [7, 11) is -8.64. The van der Waals surface area contributed by atoms with Crippen molar-refractivity contribution in [1.82, 2.24) is 0 Å². The molecule has 1 aliphatic rings. The molecule has 2 aromatic heterocycles. The summed E-state index contributed by atoms with van der Waals surface area (Å²) < 4.78 is 71.7. The molecule has 0 saturated heterocycles. The van der Waals surface area contributed by atoms with Gasteiger partial charge >= 0.3 is 285 Å². The smallest absolute Gasteiger partial charge is 1.00 e. The Labute approximate surface area is 280 Å². The SMILES string of the molecule is CCC(=Cc1[se]c2ccsc2[n+]1CCS(=O)(=O)[O-])C=C1Sc2cc(C)c(C)cc2N1CCCS(=O)(=O)[O-].[K+]. The molecule has 0 bridgehead atoms. The van der Waals surface area contributed by atoms with Gasteiger partial charge in [0.05, 0.1) is 0 Å². The zero-order chi connectivity index (χ0) is 27.0. The molecular formula is C24H27KN2O6S4Se. The molecule has 8 nitrogen and oxygen atoms in total. The monoisotopic (exact) mass is 686 g/mol. The van der Waals surface area contributed by atoms with Gasteiger partial charge in [0.25, 0.3) is 0 Å². The summed E-state index contributed by atoms with van der Waals surface area (Å²) in [5.74, 6) is -0.876. The van der Waals surface area contributed by atoms with Crippen molar-refractivity contribution in [2.45, 2.75) is 45.1 Å². The summed E-state index contributed by atoms with van der Waals surface area (Å²) in [6, 6.07) is 6.27. The van der Waals surface area contributed by atoms with Gasteiger partial charge in [-0.15, -0.1) is 0 Å². The standard InChI is InChI=1S/C24H28N2O6S4Se.K/c1-4-18(15-23-26(8-11-36(30,31)32)24-21(37-23)6-9-33-24)14-22-25(7-5-10-35(27,28)29)19-12-16(2)17(3)13-20(19)34-22;/h6,9,12-15H,4-5,7-8,10-11H2,1-3H3,(H-,27,28,29,30,31,32);/q;+1/p-1. The first-order valence-corrected chi connectivity index (χ1v) is 18.2. The van der Waals surface area contributed by atoms with Gasteiger partial charge in [-0.2, -0.15) is 0 Å². The second kappa shape index (κ2) is 13.4. The number of hydrogen-bond donors (Lipinski definition) is 0. The van der Waals surface area contributed by atoms with Crippen LogP contribution in [-0.2, 0) is 26.8 Å². The molecule has 0 fully saturated rings. The Kier molecular flexibility index (Phi) is 11.6. The molecule has 0 N–H and O–H groups in total. The van der Waals surface area contributed by atoms with Crippen molar-refractivity contribution in [2.24, 2.45) is 0 Å². The molecule has 1 aromatic carbocycles. The van der Waals surface area contributed by atoms with Gasteiger partial charge in [-0.25, -0.2) is 0 Å². The summed E-state index contributed by atoms with van der Waals surface area (Å²) in [6.07, 6.45) is 5.11. The van der Waals surface area contributed by atoms with Crippen molar-refractivity contribution < 1.29 is 81.9 Å². The summed E-state index contributed by atoms with van der Waals surface area (Å²) >= 11 is 3.14. The first-order chi connectivity index (χ1) is 17.3. The fourth-order valence-corrected chi connectivity index (χ4v) is 10.0. The topological polar surface area (TPSA) is 122 Å². The second-order valence-electron chi connectivity index (χ2n) is 8.77. The summed E-state index contributed by atoms with van der Waals surface area (Å²) in [6.45, 7) is 6.65. The zero-order valence-corrected chi connectivity index (χ0v) is 29.7. The molecule has 0 spiro atoms. The maximum atomic E-state index is 11.3. The average Bonchev–Trinajstić information content (AvgIpc) is 3.45. The third kappa shape index (κ3) is 8.37. The van der Waals surface area contributed by atoms with Gasteiger partial charge in [0.1, 0.15) is 0 Å². The minimum atomic E-state index is -4.34. The molecular weight excluding hydrogens is 659 g/mol. The minimum Gasteiger partial charge on any atom is 1.00 e. The van der Waals surface area contributed by atoms with E-state index in [-0.39, 0.29) is 78.9 Å². The van der Waals surface area contributed by atoms with Crippen LogP contribution in [0.25, 0.3) is 15.2 Å². The van der Waals surface area contributed by atoms with Gasteiger partial charge in [-0.1, -0.05) is 0 Å². The van der Waals surface area contributed by atoms with E-state index in [1.165, 1.54) is 21.2 Å². The number of thioether (sulfide) groups is 1. The van der Waals surface area contributed by atoms with Gasteiger partial charge in [-0.3, -0.25) is 0 Å². The first kappa shape index (κ1) is 32.7. The van der Waals surface area contributed by atoms with Crippen LogP contribution in [0.1, 0.15) is 35.5 Å². The van der Waals surface area contributed by atoms with Crippen LogP contribution in [0.5, 0.6) is 0 Å². The summed E-state index contributed by atoms with van der Waals surface area (Å²) in [5, 5.41) is 2.93. The Morgan fingerprint density at radius 2 is 1.79 bits per heavy atom. The summed E-state index contributed by atoms with van der Waals surface area (Å²) in [5.41, 5.74) is 4.33. The van der Waals surface area contributed by atoms with Gasteiger partial charge < -0.3 is 0 Å². The zero-order valence-electron chi connectivity index (χ0n) is 21.6. The van der Waals surface area contributed by atoms with Crippen LogP contribution in [0.3, 0.4) is 0 Å². The predicted molar refractivity (Wildman–Crippen MR) is 148 cm³/mol. The van der Waals surface area contributed by atoms with Crippen molar-refractivity contribution >= 4 is 78.7 Å². The number of allylic oxidation sites excluding steroid dienone is 2. The minimum absolute atomic E-state index is 0. The number of hydrogen-bond acceptors (Lipinski definition) is 9. The molecule has 14 heteroatoms. The molecule has 0 unspecified atom stereocenters. The Morgan fingerprint density at radius 1 is 1.11 bits per heavy atom. The van der Waals surface area contributed by atoms with Crippen LogP contribution >= 0.6 is 23.1 Å². The molecule has 0 amide bonds. The predicted octanol–water partition coefficient (Wildman–Crippen LogP) is 0.594. The van der Waals surface area contributed by atoms with E-state index in [4.69, 9.17) is 0 Å². The van der Waals surface area contributed by atoms with E-state index in [9.17, 15) is 25.9 Å². The molecule has 3 heterocycles. The number of aryl methyl sites for hydroxylation is 3. The Balaban J connectivity index is 0.00000400. The van der Waals surface area contributed by atoms with E-state index in [0.29, 0.717) is 6.54 Å². The van der Waals surface area contributed by atoms with Gasteiger partial charge in [-0.05, 0) is 0 Å². The molecule has 0 aliphatic carbocycles. The maximum Gasteiger partial charge on any atom is 1.00 e. The van der Waals surface area contributed by atoms with Crippen molar-refractivity contribution in [3.05, 3.63) is 56.0 Å². The molecule has 0 atom stereocenters. The van der Waals surface area contributed by atoms with Gasteiger partial charge in [0.2, 0.25) is 0 Å². The number of aromatic nitrogens is 1. The summed E-state index contributed by atoms with van der Waals surface area (Å²) in [4.78, 5) is 4.15. The maximum absolute atomic E-state index is 11.3. The van der Waals surface area contributed by atoms with E-state index >= 15 is 0 Å². The van der Waals surface area contributed by atoms with Crippen molar-refractivity contribution in [3.63, 3.8) is 0 Å². The van der Waals surface area contributed by atoms with E-state index in [1.54, 1.807) is 11.8 Å². The molecule has 200 valence electrons.